The van der Waals surface area contributed by atoms with Gasteiger partial charge in [0, 0.05) is 16.9 Å². The molecule has 1 heterocycles. The van der Waals surface area contributed by atoms with Crippen molar-refractivity contribution in [3.8, 4) is 5.75 Å². The second-order valence-electron chi connectivity index (χ2n) is 4.28. The van der Waals surface area contributed by atoms with Crippen molar-refractivity contribution >= 4 is 12.6 Å². The van der Waals surface area contributed by atoms with Crippen molar-refractivity contribution in [2.45, 2.75) is 36.9 Å². The molecule has 0 radical (unpaired) electrons. The fourth-order valence-electron chi connectivity index (χ4n) is 1.81. The number of hydrogen-bond acceptors (Lipinski definition) is 3. The summed E-state index contributed by atoms with van der Waals surface area (Å²) in [7, 11) is 0. The Labute approximate surface area is 89.3 Å². The lowest BCUT2D eigenvalue weighted by molar-refractivity contribution is 0.00902. The van der Waals surface area contributed by atoms with Crippen LogP contribution in [0.1, 0.15) is 31.9 Å². The van der Waals surface area contributed by atoms with E-state index in [9.17, 15) is 5.11 Å². The van der Waals surface area contributed by atoms with Crippen LogP contribution in [0.25, 0.3) is 0 Å². The summed E-state index contributed by atoms with van der Waals surface area (Å²) in [4.78, 5) is 0.786. The van der Waals surface area contributed by atoms with Crippen molar-refractivity contribution in [3.63, 3.8) is 0 Å². The largest absolute Gasteiger partial charge is 0.486 e. The highest BCUT2D eigenvalue weighted by Gasteiger charge is 2.33. The fourth-order valence-corrected chi connectivity index (χ4v) is 2.07. The van der Waals surface area contributed by atoms with E-state index in [0.717, 1.165) is 16.2 Å². The number of benzene rings is 1. The molecule has 0 aromatic heterocycles. The maximum absolute atomic E-state index is 9.91. The lowest BCUT2D eigenvalue weighted by Gasteiger charge is -2.36. The van der Waals surface area contributed by atoms with Gasteiger partial charge in [0.1, 0.15) is 11.4 Å². The predicted molar refractivity (Wildman–Crippen MR) is 58.0 cm³/mol. The van der Waals surface area contributed by atoms with Crippen LogP contribution in [0.5, 0.6) is 5.75 Å². The van der Waals surface area contributed by atoms with Crippen LogP contribution in [-0.2, 0) is 0 Å². The highest BCUT2D eigenvalue weighted by Crippen LogP contribution is 2.42. The molecule has 0 amide bonds. The molecule has 2 rings (SSSR count). The van der Waals surface area contributed by atoms with Gasteiger partial charge in [-0.15, -0.1) is 12.6 Å². The lowest BCUT2D eigenvalue weighted by Crippen LogP contribution is -2.34. The predicted octanol–water partition coefficient (Wildman–Crippen LogP) is 2.57. The summed E-state index contributed by atoms with van der Waals surface area (Å²) in [6, 6.07) is 5.64. The number of aliphatic hydroxyl groups excluding tert-OH is 1. The number of aliphatic hydroxyl groups is 1. The molecule has 3 heteroatoms. The van der Waals surface area contributed by atoms with Crippen LogP contribution in [0.15, 0.2) is 23.1 Å². The molecule has 0 saturated heterocycles. The molecular weight excluding hydrogens is 196 g/mol. The van der Waals surface area contributed by atoms with Gasteiger partial charge in [0.15, 0.2) is 0 Å². The number of ether oxygens (including phenoxy) is 1. The van der Waals surface area contributed by atoms with Crippen LogP contribution in [0.3, 0.4) is 0 Å². The van der Waals surface area contributed by atoms with Crippen molar-refractivity contribution < 1.29 is 9.84 Å². The van der Waals surface area contributed by atoms with Gasteiger partial charge in [0.25, 0.3) is 0 Å². The number of thiol groups is 1. The van der Waals surface area contributed by atoms with Crippen LogP contribution >= 0.6 is 12.6 Å². The quantitative estimate of drug-likeness (QED) is 0.644. The second kappa shape index (κ2) is 3.17. The first-order chi connectivity index (χ1) is 6.49. The average Bonchev–Trinajstić information content (AvgIpc) is 2.05. The number of fused-ring (bicyclic) bond motifs is 1. The number of hydrogen-bond donors (Lipinski definition) is 2. The topological polar surface area (TPSA) is 29.5 Å². The molecule has 0 fully saturated rings. The van der Waals surface area contributed by atoms with E-state index >= 15 is 0 Å². The van der Waals surface area contributed by atoms with Crippen molar-refractivity contribution in [3.05, 3.63) is 23.8 Å². The zero-order valence-corrected chi connectivity index (χ0v) is 9.21. The number of rotatable bonds is 0. The van der Waals surface area contributed by atoms with Crippen molar-refractivity contribution in [1.82, 2.24) is 0 Å². The minimum Gasteiger partial charge on any atom is -0.486 e. The molecule has 1 aliphatic heterocycles. The van der Waals surface area contributed by atoms with E-state index < -0.39 is 6.10 Å². The third-order valence-electron chi connectivity index (χ3n) is 2.45. The van der Waals surface area contributed by atoms with E-state index in [1.807, 2.05) is 32.0 Å². The van der Waals surface area contributed by atoms with Gasteiger partial charge in [-0.3, -0.25) is 0 Å². The second-order valence-corrected chi connectivity index (χ2v) is 4.76. The summed E-state index contributed by atoms with van der Waals surface area (Å²) < 4.78 is 5.78. The van der Waals surface area contributed by atoms with Crippen LogP contribution in [0.2, 0.25) is 0 Å². The maximum Gasteiger partial charge on any atom is 0.139 e. The first-order valence-corrected chi connectivity index (χ1v) is 5.13. The molecule has 1 aromatic rings. The van der Waals surface area contributed by atoms with Gasteiger partial charge in [-0.25, -0.2) is 0 Å². The van der Waals surface area contributed by atoms with Gasteiger partial charge in [0.05, 0.1) is 6.10 Å². The minimum absolute atomic E-state index is 0.314. The summed E-state index contributed by atoms with van der Waals surface area (Å²) in [5.74, 6) is 0.722. The summed E-state index contributed by atoms with van der Waals surface area (Å²) in [5, 5.41) is 9.91. The zero-order valence-electron chi connectivity index (χ0n) is 8.32. The zero-order chi connectivity index (χ0) is 10.3. The molecule has 0 bridgehead atoms. The van der Waals surface area contributed by atoms with Crippen LogP contribution in [-0.4, -0.2) is 10.7 Å². The highest BCUT2D eigenvalue weighted by molar-refractivity contribution is 7.80. The normalized spacial score (nSPS) is 23.9. The van der Waals surface area contributed by atoms with Crippen LogP contribution in [0, 0.1) is 0 Å². The smallest absolute Gasteiger partial charge is 0.139 e. The molecule has 14 heavy (non-hydrogen) atoms. The summed E-state index contributed by atoms with van der Waals surface area (Å²) in [6.45, 7) is 3.94. The average molecular weight is 210 g/mol. The third kappa shape index (κ3) is 1.62. The molecule has 0 aliphatic carbocycles. The van der Waals surface area contributed by atoms with E-state index in [1.165, 1.54) is 0 Å². The molecule has 1 aromatic carbocycles. The molecule has 76 valence electrons. The summed E-state index contributed by atoms with van der Waals surface area (Å²) >= 11 is 4.32. The first-order valence-electron chi connectivity index (χ1n) is 4.68. The standard InChI is InChI=1S/C11H14O2S/c1-11(2)6-8(12)7-4-3-5-9(14)10(7)13-11/h3-5,8,12,14H,6H2,1-2H3. The fraction of sp³-hybridized carbons (Fsp3) is 0.455. The molecule has 1 aliphatic rings. The van der Waals surface area contributed by atoms with E-state index in [2.05, 4.69) is 12.6 Å². The van der Waals surface area contributed by atoms with E-state index in [-0.39, 0.29) is 5.60 Å². The molecule has 0 spiro atoms. The van der Waals surface area contributed by atoms with Gasteiger partial charge in [-0.2, -0.15) is 0 Å². The Morgan fingerprint density at radius 2 is 2.21 bits per heavy atom. The first kappa shape index (κ1) is 9.87. The van der Waals surface area contributed by atoms with Crippen LogP contribution in [0.4, 0.5) is 0 Å². The number of para-hydroxylation sites is 1. The Morgan fingerprint density at radius 1 is 1.50 bits per heavy atom. The van der Waals surface area contributed by atoms with Crippen LogP contribution < -0.4 is 4.74 Å². The molecule has 0 saturated carbocycles. The highest BCUT2D eigenvalue weighted by atomic mass is 32.1. The maximum atomic E-state index is 9.91. The van der Waals surface area contributed by atoms with Crippen molar-refractivity contribution in [1.29, 1.82) is 0 Å². The monoisotopic (exact) mass is 210 g/mol. The lowest BCUT2D eigenvalue weighted by atomic mass is 9.92. The van der Waals surface area contributed by atoms with E-state index in [0.29, 0.717) is 6.42 Å². The Morgan fingerprint density at radius 3 is 2.93 bits per heavy atom. The van der Waals surface area contributed by atoms with Gasteiger partial charge < -0.3 is 9.84 Å². The van der Waals surface area contributed by atoms with Gasteiger partial charge in [0.2, 0.25) is 0 Å². The Bertz CT molecular complexity index is 360. The minimum atomic E-state index is -0.444. The molecular formula is C11H14O2S. The third-order valence-corrected chi connectivity index (χ3v) is 2.80. The summed E-state index contributed by atoms with van der Waals surface area (Å²) in [5.41, 5.74) is 0.530. The van der Waals surface area contributed by atoms with Crippen molar-refractivity contribution in [2.75, 3.05) is 0 Å². The Kier molecular flexibility index (Phi) is 2.24. The molecule has 1 N–H and O–H groups in total. The van der Waals surface area contributed by atoms with Gasteiger partial charge >= 0.3 is 0 Å². The van der Waals surface area contributed by atoms with Gasteiger partial charge in [-0.1, -0.05) is 12.1 Å². The van der Waals surface area contributed by atoms with E-state index in [1.54, 1.807) is 0 Å². The SMILES string of the molecule is CC1(C)CC(O)c2cccc(S)c2O1. The Balaban J connectivity index is 2.51. The Hall–Kier alpha value is -0.670. The van der Waals surface area contributed by atoms with Crippen molar-refractivity contribution in [2.24, 2.45) is 0 Å². The molecule has 1 atom stereocenters. The van der Waals surface area contributed by atoms with Gasteiger partial charge in [-0.05, 0) is 19.9 Å². The summed E-state index contributed by atoms with van der Waals surface area (Å²) in [6.07, 6.45) is 0.179. The van der Waals surface area contributed by atoms with E-state index in [4.69, 9.17) is 4.74 Å². The molecule has 2 nitrogen and oxygen atoms in total. The molecule has 1 unspecified atom stereocenters.